The second-order valence-corrected chi connectivity index (χ2v) is 6.05. The van der Waals surface area contributed by atoms with Crippen molar-refractivity contribution in [2.45, 2.75) is 13.1 Å². The number of rotatable bonds is 3. The molecule has 3 aromatic rings. The van der Waals surface area contributed by atoms with Crippen LogP contribution in [-0.2, 0) is 4.79 Å². The number of benzene rings is 2. The molecule has 0 fully saturated rings. The first-order valence-electron chi connectivity index (χ1n) is 7.35. The van der Waals surface area contributed by atoms with Crippen molar-refractivity contribution >= 4 is 38.6 Å². The summed E-state index contributed by atoms with van der Waals surface area (Å²) in [5.41, 5.74) is 1.62. The van der Waals surface area contributed by atoms with Crippen LogP contribution in [-0.4, -0.2) is 23.6 Å². The summed E-state index contributed by atoms with van der Waals surface area (Å²) in [6.45, 7) is 1.36. The molecule has 2 aromatic carbocycles. The number of anilines is 1. The highest BCUT2D eigenvalue weighted by molar-refractivity contribution is 9.10. The first kappa shape index (κ1) is 17.5. The van der Waals surface area contributed by atoms with Gasteiger partial charge in [0.1, 0.15) is 5.52 Å². The number of halogens is 4. The molecule has 1 amide bonds. The minimum absolute atomic E-state index is 0.104. The van der Waals surface area contributed by atoms with Crippen molar-refractivity contribution < 1.29 is 22.4 Å². The third kappa shape index (κ3) is 3.39. The van der Waals surface area contributed by atoms with Crippen LogP contribution in [0.5, 0.6) is 0 Å². The van der Waals surface area contributed by atoms with Crippen molar-refractivity contribution in [3.63, 3.8) is 0 Å². The van der Waals surface area contributed by atoms with Crippen molar-refractivity contribution in [3.05, 3.63) is 46.9 Å². The fourth-order valence-corrected chi connectivity index (χ4v) is 2.88. The Bertz CT molecular complexity index is 937. The maximum atomic E-state index is 12.7. The minimum Gasteiger partial charge on any atom is -0.436 e. The predicted molar refractivity (Wildman–Crippen MR) is 91.2 cm³/mol. The second kappa shape index (κ2) is 6.51. The standard InChI is InChI=1S/C17H12BrF3N2O2/c1-2-23(16(24)17(19,20)21)10-7-8-13-14(9-10)25-15(22-13)11-5-3-4-6-12(11)18/h3-9H,2H2,1H3. The van der Waals surface area contributed by atoms with Gasteiger partial charge in [0.05, 0.1) is 5.56 Å². The third-order valence-electron chi connectivity index (χ3n) is 3.59. The molecular formula is C17H12BrF3N2O2. The fraction of sp³-hybridized carbons (Fsp3) is 0.176. The van der Waals surface area contributed by atoms with E-state index < -0.39 is 12.1 Å². The first-order chi connectivity index (χ1) is 11.8. The maximum absolute atomic E-state index is 12.7. The zero-order valence-corrected chi connectivity index (χ0v) is 14.6. The highest BCUT2D eigenvalue weighted by atomic mass is 79.9. The summed E-state index contributed by atoms with van der Waals surface area (Å²) in [5, 5.41) is 0. The molecule has 130 valence electrons. The van der Waals surface area contributed by atoms with Crippen LogP contribution >= 0.6 is 15.9 Å². The molecule has 25 heavy (non-hydrogen) atoms. The molecule has 1 aromatic heterocycles. The number of carbonyl (C=O) groups is 1. The lowest BCUT2D eigenvalue weighted by Gasteiger charge is -2.21. The lowest BCUT2D eigenvalue weighted by molar-refractivity contribution is -0.170. The van der Waals surface area contributed by atoms with Gasteiger partial charge in [-0.1, -0.05) is 12.1 Å². The predicted octanol–water partition coefficient (Wildman–Crippen LogP) is 5.17. The Morgan fingerprint density at radius 1 is 1.24 bits per heavy atom. The Morgan fingerprint density at radius 2 is 1.96 bits per heavy atom. The van der Waals surface area contributed by atoms with Crippen LogP contribution in [0.4, 0.5) is 18.9 Å². The van der Waals surface area contributed by atoms with Crippen LogP contribution < -0.4 is 4.90 Å². The van der Waals surface area contributed by atoms with E-state index in [-0.39, 0.29) is 12.2 Å². The average molecular weight is 413 g/mol. The molecule has 0 aliphatic carbocycles. The van der Waals surface area contributed by atoms with E-state index in [1.165, 1.54) is 25.1 Å². The normalized spacial score (nSPS) is 11.7. The molecule has 0 atom stereocenters. The molecule has 0 saturated carbocycles. The fourth-order valence-electron chi connectivity index (χ4n) is 2.43. The van der Waals surface area contributed by atoms with Crippen LogP contribution in [0.3, 0.4) is 0 Å². The molecule has 0 saturated heterocycles. The molecule has 0 aliphatic rings. The number of oxazole rings is 1. The highest BCUT2D eigenvalue weighted by Crippen LogP contribution is 2.32. The van der Waals surface area contributed by atoms with Gasteiger partial charge in [0, 0.05) is 22.8 Å². The average Bonchev–Trinajstić information content (AvgIpc) is 2.98. The van der Waals surface area contributed by atoms with Gasteiger partial charge in [-0.3, -0.25) is 4.79 Å². The van der Waals surface area contributed by atoms with E-state index in [1.54, 1.807) is 6.07 Å². The zero-order valence-electron chi connectivity index (χ0n) is 13.0. The summed E-state index contributed by atoms with van der Waals surface area (Å²) in [6.07, 6.45) is -4.94. The zero-order chi connectivity index (χ0) is 18.2. The molecular weight excluding hydrogens is 401 g/mol. The summed E-state index contributed by atoms with van der Waals surface area (Å²) in [6, 6.07) is 11.6. The maximum Gasteiger partial charge on any atom is 0.471 e. The van der Waals surface area contributed by atoms with Gasteiger partial charge in [-0.05, 0) is 47.1 Å². The van der Waals surface area contributed by atoms with E-state index in [0.717, 1.165) is 10.0 Å². The van der Waals surface area contributed by atoms with E-state index in [0.29, 0.717) is 21.9 Å². The van der Waals surface area contributed by atoms with Gasteiger partial charge in [-0.2, -0.15) is 13.2 Å². The number of hydrogen-bond donors (Lipinski definition) is 0. The van der Waals surface area contributed by atoms with E-state index in [1.807, 2.05) is 18.2 Å². The summed E-state index contributed by atoms with van der Waals surface area (Å²) in [4.78, 5) is 16.5. The monoisotopic (exact) mass is 412 g/mol. The molecule has 0 aliphatic heterocycles. The Morgan fingerprint density at radius 3 is 2.60 bits per heavy atom. The Kier molecular flexibility index (Phi) is 4.55. The van der Waals surface area contributed by atoms with Crippen LogP contribution in [0, 0.1) is 0 Å². The van der Waals surface area contributed by atoms with Gasteiger partial charge in [0.25, 0.3) is 0 Å². The van der Waals surface area contributed by atoms with E-state index in [9.17, 15) is 18.0 Å². The molecule has 0 N–H and O–H groups in total. The summed E-state index contributed by atoms with van der Waals surface area (Å²) >= 11 is 3.40. The van der Waals surface area contributed by atoms with E-state index in [4.69, 9.17) is 4.42 Å². The van der Waals surface area contributed by atoms with Crippen LogP contribution in [0.1, 0.15) is 6.92 Å². The van der Waals surface area contributed by atoms with Gasteiger partial charge in [-0.25, -0.2) is 4.98 Å². The Labute approximate surface area is 149 Å². The number of nitrogens with zero attached hydrogens (tertiary/aromatic N) is 2. The van der Waals surface area contributed by atoms with Gasteiger partial charge in [-0.15, -0.1) is 0 Å². The Hall–Kier alpha value is -2.35. The third-order valence-corrected chi connectivity index (χ3v) is 4.28. The molecule has 4 nitrogen and oxygen atoms in total. The lowest BCUT2D eigenvalue weighted by atomic mass is 10.2. The minimum atomic E-state index is -4.94. The Balaban J connectivity index is 2.03. The largest absolute Gasteiger partial charge is 0.471 e. The van der Waals surface area contributed by atoms with Crippen molar-refractivity contribution in [1.82, 2.24) is 4.98 Å². The molecule has 0 bridgehead atoms. The van der Waals surface area contributed by atoms with Crippen LogP contribution in [0.2, 0.25) is 0 Å². The highest BCUT2D eigenvalue weighted by Gasteiger charge is 2.42. The number of carbonyl (C=O) groups excluding carboxylic acids is 1. The molecule has 1 heterocycles. The molecule has 3 rings (SSSR count). The van der Waals surface area contributed by atoms with Crippen LogP contribution in [0.25, 0.3) is 22.6 Å². The molecule has 0 radical (unpaired) electrons. The molecule has 8 heteroatoms. The molecule has 0 unspecified atom stereocenters. The van der Waals surface area contributed by atoms with E-state index in [2.05, 4.69) is 20.9 Å². The van der Waals surface area contributed by atoms with Crippen molar-refractivity contribution in [2.75, 3.05) is 11.4 Å². The quantitative estimate of drug-likeness (QED) is 0.595. The number of fused-ring (bicyclic) bond motifs is 1. The topological polar surface area (TPSA) is 46.3 Å². The van der Waals surface area contributed by atoms with Gasteiger partial charge in [0.2, 0.25) is 5.89 Å². The lowest BCUT2D eigenvalue weighted by Crippen LogP contribution is -2.41. The molecule has 0 spiro atoms. The van der Waals surface area contributed by atoms with E-state index >= 15 is 0 Å². The number of alkyl halides is 3. The summed E-state index contributed by atoms with van der Waals surface area (Å²) in [5.74, 6) is -1.58. The first-order valence-corrected chi connectivity index (χ1v) is 8.14. The van der Waals surface area contributed by atoms with Gasteiger partial charge < -0.3 is 9.32 Å². The van der Waals surface area contributed by atoms with Crippen molar-refractivity contribution in [2.24, 2.45) is 0 Å². The van der Waals surface area contributed by atoms with Crippen molar-refractivity contribution in [1.29, 1.82) is 0 Å². The number of aromatic nitrogens is 1. The SMILES string of the molecule is CCN(C(=O)C(F)(F)F)c1ccc2nc(-c3ccccc3Br)oc2c1. The van der Waals surface area contributed by atoms with Gasteiger partial charge in [0.15, 0.2) is 5.58 Å². The second-order valence-electron chi connectivity index (χ2n) is 5.20. The number of amides is 1. The van der Waals surface area contributed by atoms with Gasteiger partial charge >= 0.3 is 12.1 Å². The van der Waals surface area contributed by atoms with Crippen molar-refractivity contribution in [3.8, 4) is 11.5 Å². The summed E-state index contributed by atoms with van der Waals surface area (Å²) < 4.78 is 44.6. The summed E-state index contributed by atoms with van der Waals surface area (Å²) in [7, 11) is 0. The smallest absolute Gasteiger partial charge is 0.436 e. The number of hydrogen-bond acceptors (Lipinski definition) is 3. The van der Waals surface area contributed by atoms with Crippen LogP contribution in [0.15, 0.2) is 51.4 Å².